The van der Waals surface area contributed by atoms with Crippen molar-refractivity contribution in [2.45, 2.75) is 6.42 Å². The Morgan fingerprint density at radius 1 is 1.10 bits per heavy atom. The first-order valence-corrected chi connectivity index (χ1v) is 7.21. The van der Waals surface area contributed by atoms with Gasteiger partial charge in [0.1, 0.15) is 5.82 Å². The molecule has 2 aromatic rings. The standard InChI is InChI=1S/C16H16N4O/c1-2-12-8-13(9-18-14(12)3-1)15-10-17-11-16(19-15)20-4-6-21-7-5-20/h1-2,8-11H,3-7H2. The summed E-state index contributed by atoms with van der Waals surface area (Å²) in [6, 6.07) is 2.14. The normalized spacial score (nSPS) is 17.0. The number of nitrogens with zero attached hydrogens (tertiary/aromatic N) is 4. The molecule has 0 atom stereocenters. The van der Waals surface area contributed by atoms with Crippen LogP contribution in [-0.2, 0) is 11.2 Å². The van der Waals surface area contributed by atoms with Gasteiger partial charge in [0, 0.05) is 31.3 Å². The van der Waals surface area contributed by atoms with Crippen LogP contribution in [0.3, 0.4) is 0 Å². The van der Waals surface area contributed by atoms with Crippen molar-refractivity contribution in [2.24, 2.45) is 0 Å². The van der Waals surface area contributed by atoms with E-state index in [9.17, 15) is 0 Å². The van der Waals surface area contributed by atoms with Gasteiger partial charge in [0.25, 0.3) is 0 Å². The lowest BCUT2D eigenvalue weighted by Crippen LogP contribution is -2.36. The number of morpholine rings is 1. The Hall–Kier alpha value is -2.27. The third-order valence-electron chi connectivity index (χ3n) is 3.86. The second-order valence-corrected chi connectivity index (χ2v) is 5.23. The van der Waals surface area contributed by atoms with Gasteiger partial charge in [0.05, 0.1) is 37.0 Å². The van der Waals surface area contributed by atoms with E-state index in [0.29, 0.717) is 0 Å². The number of hydrogen-bond acceptors (Lipinski definition) is 5. The molecule has 0 amide bonds. The van der Waals surface area contributed by atoms with Crippen LogP contribution in [0.25, 0.3) is 17.3 Å². The summed E-state index contributed by atoms with van der Waals surface area (Å²) < 4.78 is 5.38. The van der Waals surface area contributed by atoms with Crippen LogP contribution in [0, 0.1) is 0 Å². The number of aromatic nitrogens is 3. The molecule has 3 heterocycles. The molecular weight excluding hydrogens is 264 g/mol. The SMILES string of the molecule is C1=Cc2cc(-c3cncc(N4CCOCC4)n3)cnc2C1. The van der Waals surface area contributed by atoms with Gasteiger partial charge in [-0.1, -0.05) is 12.2 Å². The average Bonchev–Trinajstić information content (AvgIpc) is 3.03. The Balaban J connectivity index is 1.67. The van der Waals surface area contributed by atoms with Crippen LogP contribution in [0.4, 0.5) is 5.82 Å². The Morgan fingerprint density at radius 3 is 2.90 bits per heavy atom. The minimum Gasteiger partial charge on any atom is -0.378 e. The van der Waals surface area contributed by atoms with Crippen LogP contribution in [0.2, 0.25) is 0 Å². The first-order chi connectivity index (χ1) is 10.4. The maximum absolute atomic E-state index is 5.38. The highest BCUT2D eigenvalue weighted by molar-refractivity contribution is 5.67. The predicted molar refractivity (Wildman–Crippen MR) is 81.0 cm³/mol. The van der Waals surface area contributed by atoms with E-state index in [1.807, 2.05) is 12.4 Å². The lowest BCUT2D eigenvalue weighted by molar-refractivity contribution is 0.122. The van der Waals surface area contributed by atoms with Gasteiger partial charge in [-0.15, -0.1) is 0 Å². The van der Waals surface area contributed by atoms with Gasteiger partial charge in [0.2, 0.25) is 0 Å². The first kappa shape index (κ1) is 12.5. The number of anilines is 1. The topological polar surface area (TPSA) is 51.1 Å². The fourth-order valence-electron chi connectivity index (χ4n) is 2.70. The van der Waals surface area contributed by atoms with Gasteiger partial charge in [-0.2, -0.15) is 0 Å². The molecule has 2 aromatic heterocycles. The van der Waals surface area contributed by atoms with Gasteiger partial charge in [-0.05, 0) is 11.6 Å². The number of fused-ring (bicyclic) bond motifs is 1. The van der Waals surface area contributed by atoms with E-state index >= 15 is 0 Å². The summed E-state index contributed by atoms with van der Waals surface area (Å²) in [7, 11) is 0. The highest BCUT2D eigenvalue weighted by atomic mass is 16.5. The summed E-state index contributed by atoms with van der Waals surface area (Å²) in [5.74, 6) is 0.909. The monoisotopic (exact) mass is 280 g/mol. The van der Waals surface area contributed by atoms with Crippen molar-refractivity contribution in [2.75, 3.05) is 31.2 Å². The highest BCUT2D eigenvalue weighted by Gasteiger charge is 2.14. The van der Waals surface area contributed by atoms with E-state index in [2.05, 4.69) is 33.1 Å². The second-order valence-electron chi connectivity index (χ2n) is 5.23. The molecule has 4 rings (SSSR count). The summed E-state index contributed by atoms with van der Waals surface area (Å²) in [5, 5.41) is 0. The summed E-state index contributed by atoms with van der Waals surface area (Å²) in [6.45, 7) is 3.22. The molecule has 1 saturated heterocycles. The maximum Gasteiger partial charge on any atom is 0.147 e. The van der Waals surface area contributed by atoms with Gasteiger partial charge >= 0.3 is 0 Å². The molecule has 5 heteroatoms. The largest absolute Gasteiger partial charge is 0.378 e. The first-order valence-electron chi connectivity index (χ1n) is 7.21. The highest BCUT2D eigenvalue weighted by Crippen LogP contribution is 2.24. The number of ether oxygens (including phenoxy) is 1. The second kappa shape index (κ2) is 5.26. The van der Waals surface area contributed by atoms with E-state index in [1.54, 1.807) is 6.20 Å². The molecule has 0 aromatic carbocycles. The van der Waals surface area contributed by atoms with Crippen LogP contribution in [0.15, 0.2) is 30.7 Å². The molecule has 21 heavy (non-hydrogen) atoms. The Bertz CT molecular complexity index is 692. The van der Waals surface area contributed by atoms with Crippen molar-refractivity contribution < 1.29 is 4.74 Å². The molecule has 0 bridgehead atoms. The molecule has 0 spiro atoms. The van der Waals surface area contributed by atoms with Gasteiger partial charge in [-0.25, -0.2) is 4.98 Å². The molecular formula is C16H16N4O. The molecule has 0 N–H and O–H groups in total. The minimum atomic E-state index is 0.747. The van der Waals surface area contributed by atoms with E-state index in [1.165, 1.54) is 5.56 Å². The Morgan fingerprint density at radius 2 is 2.00 bits per heavy atom. The molecule has 1 fully saturated rings. The van der Waals surface area contributed by atoms with Crippen molar-refractivity contribution in [3.8, 4) is 11.3 Å². The smallest absolute Gasteiger partial charge is 0.147 e. The van der Waals surface area contributed by atoms with E-state index in [4.69, 9.17) is 9.72 Å². The predicted octanol–water partition coefficient (Wildman–Crippen LogP) is 1.94. The van der Waals surface area contributed by atoms with Gasteiger partial charge in [-0.3, -0.25) is 9.97 Å². The summed E-state index contributed by atoms with van der Waals surface area (Å²) in [6.07, 6.45) is 10.7. The molecule has 1 aliphatic heterocycles. The summed E-state index contributed by atoms with van der Waals surface area (Å²) >= 11 is 0. The molecule has 2 aliphatic rings. The van der Waals surface area contributed by atoms with Crippen molar-refractivity contribution in [1.82, 2.24) is 15.0 Å². The summed E-state index contributed by atoms with van der Waals surface area (Å²) in [4.78, 5) is 15.8. The van der Waals surface area contributed by atoms with Crippen LogP contribution < -0.4 is 4.90 Å². The quantitative estimate of drug-likeness (QED) is 0.841. The third kappa shape index (κ3) is 2.40. The molecule has 0 saturated carbocycles. The maximum atomic E-state index is 5.38. The molecule has 5 nitrogen and oxygen atoms in total. The summed E-state index contributed by atoms with van der Waals surface area (Å²) in [5.41, 5.74) is 4.21. The van der Waals surface area contributed by atoms with Gasteiger partial charge < -0.3 is 9.64 Å². The van der Waals surface area contributed by atoms with Gasteiger partial charge in [0.15, 0.2) is 0 Å². The number of allylic oxidation sites excluding steroid dienone is 1. The molecule has 1 aliphatic carbocycles. The van der Waals surface area contributed by atoms with Crippen molar-refractivity contribution in [3.05, 3.63) is 42.0 Å². The minimum absolute atomic E-state index is 0.747. The zero-order valence-corrected chi connectivity index (χ0v) is 11.7. The lowest BCUT2D eigenvalue weighted by Gasteiger charge is -2.27. The van der Waals surface area contributed by atoms with Crippen LogP contribution in [0.1, 0.15) is 11.3 Å². The number of pyridine rings is 1. The Kier molecular flexibility index (Phi) is 3.12. The van der Waals surface area contributed by atoms with Crippen molar-refractivity contribution >= 4 is 11.9 Å². The Labute approximate surface area is 123 Å². The number of rotatable bonds is 2. The average molecular weight is 280 g/mol. The number of hydrogen-bond donors (Lipinski definition) is 0. The van der Waals surface area contributed by atoms with E-state index in [-0.39, 0.29) is 0 Å². The fraction of sp³-hybridized carbons (Fsp3) is 0.312. The van der Waals surface area contributed by atoms with Crippen molar-refractivity contribution in [3.63, 3.8) is 0 Å². The zero-order chi connectivity index (χ0) is 14.1. The molecule has 0 unspecified atom stereocenters. The third-order valence-corrected chi connectivity index (χ3v) is 3.86. The van der Waals surface area contributed by atoms with E-state index < -0.39 is 0 Å². The van der Waals surface area contributed by atoms with Crippen LogP contribution in [-0.4, -0.2) is 41.3 Å². The fourth-order valence-corrected chi connectivity index (χ4v) is 2.70. The molecule has 106 valence electrons. The van der Waals surface area contributed by atoms with Crippen LogP contribution >= 0.6 is 0 Å². The van der Waals surface area contributed by atoms with Crippen molar-refractivity contribution in [1.29, 1.82) is 0 Å². The van der Waals surface area contributed by atoms with E-state index in [0.717, 1.165) is 55.5 Å². The van der Waals surface area contributed by atoms with Crippen LogP contribution in [0.5, 0.6) is 0 Å². The lowest BCUT2D eigenvalue weighted by atomic mass is 10.1. The molecule has 0 radical (unpaired) electrons. The zero-order valence-electron chi connectivity index (χ0n) is 11.7.